The number of carbonyl (C=O) groups is 2. The van der Waals surface area contributed by atoms with Crippen LogP contribution in [0.4, 0.5) is 10.5 Å². The van der Waals surface area contributed by atoms with Gasteiger partial charge in [0.15, 0.2) is 12.4 Å². The average molecular weight is 339 g/mol. The lowest BCUT2D eigenvalue weighted by molar-refractivity contribution is -0.121. The van der Waals surface area contributed by atoms with E-state index >= 15 is 0 Å². The molecule has 0 atom stereocenters. The molecule has 22 heavy (non-hydrogen) atoms. The minimum atomic E-state index is -0.648. The largest absolute Gasteiger partial charge is 0.481 e. The van der Waals surface area contributed by atoms with Crippen molar-refractivity contribution in [2.24, 2.45) is 0 Å². The van der Waals surface area contributed by atoms with Crippen LogP contribution in [0, 0.1) is 0 Å². The van der Waals surface area contributed by atoms with Crippen molar-refractivity contribution in [3.63, 3.8) is 0 Å². The van der Waals surface area contributed by atoms with E-state index in [0.29, 0.717) is 5.69 Å². The molecule has 2 aromatic rings. The molecule has 0 saturated heterocycles. The zero-order chi connectivity index (χ0) is 15.9. The summed E-state index contributed by atoms with van der Waals surface area (Å²) in [5.74, 6) is -0.422. The van der Waals surface area contributed by atoms with Crippen molar-refractivity contribution in [2.45, 2.75) is 0 Å². The van der Waals surface area contributed by atoms with Crippen molar-refractivity contribution in [2.75, 3.05) is 11.9 Å². The number of carbonyl (C=O) groups excluding carboxylic acids is 2. The third-order valence-electron chi connectivity index (χ3n) is 2.55. The minimum Gasteiger partial charge on any atom is -0.481 e. The van der Waals surface area contributed by atoms with Crippen LogP contribution in [0.3, 0.4) is 0 Å². The fourth-order valence-corrected chi connectivity index (χ4v) is 2.11. The molecule has 0 spiro atoms. The van der Waals surface area contributed by atoms with Crippen LogP contribution in [0.25, 0.3) is 0 Å². The maximum Gasteiger partial charge on any atom is 0.325 e. The van der Waals surface area contributed by atoms with Gasteiger partial charge in [-0.1, -0.05) is 47.5 Å². The van der Waals surface area contributed by atoms with Crippen LogP contribution in [0.15, 0.2) is 48.5 Å². The molecule has 3 amide bonds. The highest BCUT2D eigenvalue weighted by molar-refractivity contribution is 6.37. The molecule has 0 aliphatic carbocycles. The first kappa shape index (κ1) is 16.1. The normalized spacial score (nSPS) is 9.91. The van der Waals surface area contributed by atoms with Crippen LogP contribution in [0.5, 0.6) is 5.75 Å². The van der Waals surface area contributed by atoms with Crippen LogP contribution in [-0.4, -0.2) is 18.5 Å². The zero-order valence-corrected chi connectivity index (χ0v) is 12.8. The van der Waals surface area contributed by atoms with Gasteiger partial charge in [0.2, 0.25) is 0 Å². The van der Waals surface area contributed by atoms with Crippen molar-refractivity contribution in [3.05, 3.63) is 58.6 Å². The highest BCUT2D eigenvalue weighted by Gasteiger charge is 2.12. The summed E-state index contributed by atoms with van der Waals surface area (Å²) in [6, 6.07) is 12.9. The molecule has 0 fully saturated rings. The van der Waals surface area contributed by atoms with Gasteiger partial charge < -0.3 is 10.1 Å². The van der Waals surface area contributed by atoms with E-state index in [-0.39, 0.29) is 22.4 Å². The molecule has 0 radical (unpaired) electrons. The van der Waals surface area contributed by atoms with Crippen molar-refractivity contribution < 1.29 is 14.3 Å². The third kappa shape index (κ3) is 4.65. The standard InChI is InChI=1S/C15H12Cl2N2O3/c16-11-7-4-8-12(17)14(11)22-9-13(20)19-15(21)18-10-5-2-1-3-6-10/h1-8H,9H2,(H2,18,19,20,21). The predicted molar refractivity (Wildman–Crippen MR) is 85.6 cm³/mol. The number of hydrogen-bond donors (Lipinski definition) is 2. The molecule has 7 heteroatoms. The molecular formula is C15H12Cl2N2O3. The molecule has 0 aromatic heterocycles. The molecule has 0 aliphatic rings. The molecule has 114 valence electrons. The summed E-state index contributed by atoms with van der Waals surface area (Å²) in [6.07, 6.45) is 0. The van der Waals surface area contributed by atoms with E-state index in [4.69, 9.17) is 27.9 Å². The number of imide groups is 1. The number of hydrogen-bond acceptors (Lipinski definition) is 3. The Bertz CT molecular complexity index is 657. The summed E-state index contributed by atoms with van der Waals surface area (Å²) in [5, 5.41) is 5.22. The van der Waals surface area contributed by atoms with E-state index in [9.17, 15) is 9.59 Å². The second kappa shape index (κ2) is 7.68. The van der Waals surface area contributed by atoms with Crippen molar-refractivity contribution >= 4 is 40.8 Å². The van der Waals surface area contributed by atoms with Crippen LogP contribution in [0.2, 0.25) is 10.0 Å². The fraction of sp³-hybridized carbons (Fsp3) is 0.0667. The number of nitrogens with one attached hydrogen (secondary N) is 2. The maximum absolute atomic E-state index is 11.7. The number of anilines is 1. The van der Waals surface area contributed by atoms with Gasteiger partial charge in [0.1, 0.15) is 0 Å². The van der Waals surface area contributed by atoms with E-state index in [1.165, 1.54) is 0 Å². The molecule has 0 heterocycles. The number of para-hydroxylation sites is 2. The highest BCUT2D eigenvalue weighted by Crippen LogP contribution is 2.32. The van der Waals surface area contributed by atoms with Gasteiger partial charge in [0, 0.05) is 5.69 Å². The van der Waals surface area contributed by atoms with Gasteiger partial charge in [-0.2, -0.15) is 0 Å². The number of amides is 3. The number of ether oxygens (including phenoxy) is 1. The predicted octanol–water partition coefficient (Wildman–Crippen LogP) is 3.72. The van der Waals surface area contributed by atoms with Gasteiger partial charge >= 0.3 is 6.03 Å². The Morgan fingerprint density at radius 1 is 0.955 bits per heavy atom. The first-order valence-corrected chi connectivity index (χ1v) is 7.04. The van der Waals surface area contributed by atoms with E-state index in [1.54, 1.807) is 42.5 Å². The van der Waals surface area contributed by atoms with Crippen LogP contribution in [0.1, 0.15) is 0 Å². The van der Waals surface area contributed by atoms with Gasteiger partial charge in [0.25, 0.3) is 5.91 Å². The number of urea groups is 1. The SMILES string of the molecule is O=C(COc1c(Cl)cccc1Cl)NC(=O)Nc1ccccc1. The Kier molecular flexibility index (Phi) is 5.63. The monoisotopic (exact) mass is 338 g/mol. The second-order valence-electron chi connectivity index (χ2n) is 4.21. The van der Waals surface area contributed by atoms with Crippen molar-refractivity contribution in [3.8, 4) is 5.75 Å². The lowest BCUT2D eigenvalue weighted by Gasteiger charge is -2.10. The Hall–Kier alpha value is -2.24. The van der Waals surface area contributed by atoms with E-state index < -0.39 is 11.9 Å². The molecule has 0 aliphatic heterocycles. The van der Waals surface area contributed by atoms with E-state index in [1.807, 2.05) is 6.07 Å². The lowest BCUT2D eigenvalue weighted by Crippen LogP contribution is -2.37. The van der Waals surface area contributed by atoms with Gasteiger partial charge in [-0.15, -0.1) is 0 Å². The summed E-state index contributed by atoms with van der Waals surface area (Å²) in [7, 11) is 0. The third-order valence-corrected chi connectivity index (χ3v) is 3.15. The van der Waals surface area contributed by atoms with E-state index in [2.05, 4.69) is 10.6 Å². The van der Waals surface area contributed by atoms with Crippen molar-refractivity contribution in [1.82, 2.24) is 5.32 Å². The number of halogens is 2. The summed E-state index contributed by atoms with van der Waals surface area (Å²) in [4.78, 5) is 23.3. The van der Waals surface area contributed by atoms with Crippen LogP contribution >= 0.6 is 23.2 Å². The van der Waals surface area contributed by atoms with Gasteiger partial charge in [-0.3, -0.25) is 10.1 Å². The van der Waals surface area contributed by atoms with Crippen LogP contribution in [-0.2, 0) is 4.79 Å². The molecule has 2 N–H and O–H groups in total. The molecule has 2 rings (SSSR count). The van der Waals surface area contributed by atoms with Crippen molar-refractivity contribution in [1.29, 1.82) is 0 Å². The first-order valence-electron chi connectivity index (χ1n) is 6.29. The van der Waals surface area contributed by atoms with Crippen LogP contribution < -0.4 is 15.4 Å². The Balaban J connectivity index is 1.84. The molecule has 5 nitrogen and oxygen atoms in total. The van der Waals surface area contributed by atoms with E-state index in [0.717, 1.165) is 0 Å². The molecule has 0 unspecified atom stereocenters. The minimum absolute atomic E-state index is 0.199. The Morgan fingerprint density at radius 2 is 1.59 bits per heavy atom. The molecular weight excluding hydrogens is 327 g/mol. The summed E-state index contributed by atoms with van der Waals surface area (Å²) >= 11 is 11.8. The summed E-state index contributed by atoms with van der Waals surface area (Å²) in [6.45, 7) is -0.383. The lowest BCUT2D eigenvalue weighted by atomic mass is 10.3. The molecule has 0 bridgehead atoms. The maximum atomic E-state index is 11.7. The smallest absolute Gasteiger partial charge is 0.325 e. The quantitative estimate of drug-likeness (QED) is 0.892. The van der Waals surface area contributed by atoms with Gasteiger partial charge in [-0.25, -0.2) is 4.79 Å². The molecule has 0 saturated carbocycles. The number of rotatable bonds is 4. The Labute approximate surface area is 137 Å². The average Bonchev–Trinajstić information content (AvgIpc) is 2.47. The topological polar surface area (TPSA) is 67.4 Å². The number of benzene rings is 2. The summed E-state index contributed by atoms with van der Waals surface area (Å²) < 4.78 is 5.22. The summed E-state index contributed by atoms with van der Waals surface area (Å²) in [5.41, 5.74) is 0.572. The Morgan fingerprint density at radius 3 is 2.23 bits per heavy atom. The highest BCUT2D eigenvalue weighted by atomic mass is 35.5. The van der Waals surface area contributed by atoms with Gasteiger partial charge in [-0.05, 0) is 24.3 Å². The van der Waals surface area contributed by atoms with Gasteiger partial charge in [0.05, 0.1) is 10.0 Å². The molecule has 2 aromatic carbocycles. The second-order valence-corrected chi connectivity index (χ2v) is 5.02. The zero-order valence-electron chi connectivity index (χ0n) is 11.3. The fourth-order valence-electron chi connectivity index (χ4n) is 1.60. The first-order chi connectivity index (χ1) is 10.6.